The number of esters is 1. The Hall–Kier alpha value is -2.69. The first kappa shape index (κ1) is 27.3. The zero-order valence-corrected chi connectivity index (χ0v) is 24.8. The average Bonchev–Trinajstić information content (AvgIpc) is 3.18. The molecule has 0 bridgehead atoms. The zero-order chi connectivity index (χ0) is 26.7. The Balaban J connectivity index is 2.07. The number of benzene rings is 2. The summed E-state index contributed by atoms with van der Waals surface area (Å²) in [5, 5.41) is 0. The Morgan fingerprint density at radius 2 is 1.76 bits per heavy atom. The van der Waals surface area contributed by atoms with Gasteiger partial charge in [-0.15, -0.1) is 0 Å². The van der Waals surface area contributed by atoms with Gasteiger partial charge >= 0.3 is 5.97 Å². The number of rotatable bonds is 8. The van der Waals surface area contributed by atoms with Crippen molar-refractivity contribution in [3.63, 3.8) is 0 Å². The van der Waals surface area contributed by atoms with Crippen LogP contribution in [0.3, 0.4) is 0 Å². The summed E-state index contributed by atoms with van der Waals surface area (Å²) in [4.78, 5) is 32.6. The van der Waals surface area contributed by atoms with Crippen LogP contribution in [0.5, 0.6) is 11.5 Å². The predicted octanol–water partition coefficient (Wildman–Crippen LogP) is 5.12. The number of fused-ring (bicyclic) bond motifs is 1. The van der Waals surface area contributed by atoms with Crippen molar-refractivity contribution in [1.82, 2.24) is 4.57 Å². The van der Waals surface area contributed by atoms with Gasteiger partial charge in [-0.25, -0.2) is 9.79 Å². The molecule has 0 unspecified atom stereocenters. The fraction of sp³-hybridized carbons (Fsp3) is 0.296. The molecule has 4 rings (SSSR count). The third kappa shape index (κ3) is 5.46. The third-order valence-corrected chi connectivity index (χ3v) is 7.83. The molecule has 2 aromatic carbocycles. The molecular formula is C27H26Br2N2O5S. The summed E-state index contributed by atoms with van der Waals surface area (Å²) in [5.41, 5.74) is 2.10. The van der Waals surface area contributed by atoms with Crippen molar-refractivity contribution in [2.75, 3.05) is 20.8 Å². The summed E-state index contributed by atoms with van der Waals surface area (Å²) < 4.78 is 20.3. The largest absolute Gasteiger partial charge is 0.496 e. The van der Waals surface area contributed by atoms with Crippen molar-refractivity contribution in [3.8, 4) is 11.5 Å². The molecule has 0 aliphatic carbocycles. The summed E-state index contributed by atoms with van der Waals surface area (Å²) >= 11 is 8.30. The molecule has 1 atom stereocenters. The van der Waals surface area contributed by atoms with Gasteiger partial charge in [-0.3, -0.25) is 9.36 Å². The average molecular weight is 650 g/mol. The van der Waals surface area contributed by atoms with Crippen LogP contribution in [0.4, 0.5) is 0 Å². The monoisotopic (exact) mass is 648 g/mol. The van der Waals surface area contributed by atoms with Gasteiger partial charge in [0.2, 0.25) is 0 Å². The lowest BCUT2D eigenvalue weighted by molar-refractivity contribution is -0.139. The lowest BCUT2D eigenvalue weighted by Gasteiger charge is -2.27. The molecule has 0 amide bonds. The number of carbonyl (C=O) groups is 1. The standard InChI is InChI=1S/C27H26Br2N2O5S/c1-5-7-19-23(26(33)36-6-2)24(18-14-17(29)9-11-21(18)35-4)31-25(32)22(37-27(31)30-19)13-15-12-16(28)8-10-20(15)34-3/h8-14,24H,5-7H2,1-4H3/b22-13+/t24-/m0/s1. The second kappa shape index (κ2) is 11.8. The quantitative estimate of drug-likeness (QED) is 0.317. The van der Waals surface area contributed by atoms with Crippen molar-refractivity contribution < 1.29 is 19.0 Å². The number of halogens is 2. The van der Waals surface area contributed by atoms with Crippen LogP contribution in [0, 0.1) is 0 Å². The normalized spacial score (nSPS) is 15.3. The number of hydrogen-bond acceptors (Lipinski definition) is 7. The first-order valence-electron chi connectivity index (χ1n) is 11.7. The van der Waals surface area contributed by atoms with Crippen LogP contribution in [-0.2, 0) is 9.53 Å². The molecule has 0 radical (unpaired) electrons. The number of carbonyl (C=O) groups excluding carboxylic acids is 1. The van der Waals surface area contributed by atoms with Crippen molar-refractivity contribution in [2.45, 2.75) is 32.7 Å². The number of aromatic nitrogens is 1. The molecule has 0 N–H and O–H groups in total. The number of methoxy groups -OCH3 is 2. The molecule has 0 saturated heterocycles. The molecule has 1 aliphatic rings. The van der Waals surface area contributed by atoms with E-state index in [1.165, 1.54) is 11.3 Å². The third-order valence-electron chi connectivity index (χ3n) is 5.86. The van der Waals surface area contributed by atoms with Crippen molar-refractivity contribution in [3.05, 3.63) is 87.4 Å². The molecule has 37 heavy (non-hydrogen) atoms. The first-order chi connectivity index (χ1) is 17.8. The summed E-state index contributed by atoms with van der Waals surface area (Å²) in [6.45, 7) is 3.99. The smallest absolute Gasteiger partial charge is 0.338 e. The minimum Gasteiger partial charge on any atom is -0.496 e. The van der Waals surface area contributed by atoms with Gasteiger partial charge in [-0.05, 0) is 55.8 Å². The maximum Gasteiger partial charge on any atom is 0.338 e. The molecule has 0 fully saturated rings. The molecule has 10 heteroatoms. The summed E-state index contributed by atoms with van der Waals surface area (Å²) in [6.07, 6.45) is 3.12. The van der Waals surface area contributed by atoms with Gasteiger partial charge in [0.15, 0.2) is 4.80 Å². The van der Waals surface area contributed by atoms with E-state index >= 15 is 0 Å². The summed E-state index contributed by atoms with van der Waals surface area (Å²) in [7, 11) is 3.15. The molecule has 0 saturated carbocycles. The fourth-order valence-corrected chi connectivity index (χ4v) is 6.06. The maximum absolute atomic E-state index is 14.0. The molecular weight excluding hydrogens is 624 g/mol. The van der Waals surface area contributed by atoms with E-state index in [0.717, 1.165) is 20.9 Å². The van der Waals surface area contributed by atoms with Gasteiger partial charge in [-0.1, -0.05) is 56.5 Å². The van der Waals surface area contributed by atoms with E-state index in [4.69, 9.17) is 19.2 Å². The lowest BCUT2D eigenvalue weighted by Crippen LogP contribution is -2.40. The fourth-order valence-electron chi connectivity index (χ4n) is 4.29. The van der Waals surface area contributed by atoms with Crippen molar-refractivity contribution in [1.29, 1.82) is 0 Å². The van der Waals surface area contributed by atoms with E-state index < -0.39 is 12.0 Å². The van der Waals surface area contributed by atoms with Crippen molar-refractivity contribution >= 4 is 55.2 Å². The number of nitrogens with zero attached hydrogens (tertiary/aromatic N) is 2. The van der Waals surface area contributed by atoms with Crippen LogP contribution in [0.15, 0.2) is 66.4 Å². The van der Waals surface area contributed by atoms with E-state index in [1.807, 2.05) is 43.3 Å². The van der Waals surface area contributed by atoms with Crippen LogP contribution < -0.4 is 24.4 Å². The minimum absolute atomic E-state index is 0.206. The van der Waals surface area contributed by atoms with E-state index in [1.54, 1.807) is 31.8 Å². The topological polar surface area (TPSA) is 79.1 Å². The van der Waals surface area contributed by atoms with Gasteiger partial charge in [-0.2, -0.15) is 0 Å². The van der Waals surface area contributed by atoms with E-state index in [2.05, 4.69) is 31.9 Å². The van der Waals surface area contributed by atoms with Gasteiger partial charge in [0.05, 0.1) is 36.6 Å². The molecule has 2 heterocycles. The Bertz CT molecular complexity index is 1560. The Morgan fingerprint density at radius 3 is 2.41 bits per heavy atom. The number of hydrogen-bond donors (Lipinski definition) is 0. The number of ether oxygens (including phenoxy) is 3. The van der Waals surface area contributed by atoms with E-state index in [9.17, 15) is 9.59 Å². The second-order valence-corrected chi connectivity index (χ2v) is 11.0. The Morgan fingerprint density at radius 1 is 1.08 bits per heavy atom. The van der Waals surface area contributed by atoms with E-state index in [-0.39, 0.29) is 12.2 Å². The molecule has 3 aromatic rings. The predicted molar refractivity (Wildman–Crippen MR) is 151 cm³/mol. The number of allylic oxidation sites excluding steroid dienone is 1. The summed E-state index contributed by atoms with van der Waals surface area (Å²) in [6, 6.07) is 10.4. The molecule has 0 spiro atoms. The van der Waals surface area contributed by atoms with Crippen LogP contribution >= 0.6 is 43.2 Å². The Kier molecular flexibility index (Phi) is 8.71. The first-order valence-corrected chi connectivity index (χ1v) is 14.1. The molecule has 194 valence electrons. The van der Waals surface area contributed by atoms with Gasteiger partial charge in [0.25, 0.3) is 5.56 Å². The Labute approximate surface area is 235 Å². The second-order valence-electron chi connectivity index (χ2n) is 8.19. The van der Waals surface area contributed by atoms with E-state index in [0.29, 0.717) is 44.1 Å². The highest BCUT2D eigenvalue weighted by atomic mass is 79.9. The zero-order valence-electron chi connectivity index (χ0n) is 20.8. The molecule has 7 nitrogen and oxygen atoms in total. The van der Waals surface area contributed by atoms with Crippen molar-refractivity contribution in [2.24, 2.45) is 4.99 Å². The van der Waals surface area contributed by atoms with Gasteiger partial charge in [0, 0.05) is 20.1 Å². The maximum atomic E-state index is 14.0. The highest BCUT2D eigenvalue weighted by molar-refractivity contribution is 9.10. The van der Waals surface area contributed by atoms with Gasteiger partial charge < -0.3 is 14.2 Å². The lowest BCUT2D eigenvalue weighted by atomic mass is 9.93. The molecule has 1 aliphatic heterocycles. The van der Waals surface area contributed by atoms with Crippen LogP contribution in [0.25, 0.3) is 6.08 Å². The minimum atomic E-state index is -0.768. The van der Waals surface area contributed by atoms with Crippen LogP contribution in [-0.4, -0.2) is 31.4 Å². The van der Waals surface area contributed by atoms with Gasteiger partial charge in [0.1, 0.15) is 17.5 Å². The molecule has 1 aromatic heterocycles. The van der Waals surface area contributed by atoms with Crippen LogP contribution in [0.2, 0.25) is 0 Å². The highest BCUT2D eigenvalue weighted by Gasteiger charge is 2.36. The number of thiazole rings is 1. The SMILES string of the molecule is CCCC1=C(C(=O)OCC)[C@H](c2cc(Br)ccc2OC)n2c(s/c(=C/c3cc(Br)ccc3OC)c2=O)=N1. The van der Waals surface area contributed by atoms with Crippen LogP contribution in [0.1, 0.15) is 43.9 Å². The highest BCUT2D eigenvalue weighted by Crippen LogP contribution is 2.38. The summed E-state index contributed by atoms with van der Waals surface area (Å²) in [5.74, 6) is 0.693.